The van der Waals surface area contributed by atoms with Crippen LogP contribution >= 0.6 is 11.8 Å². The van der Waals surface area contributed by atoms with Crippen molar-refractivity contribution in [3.05, 3.63) is 29.8 Å². The van der Waals surface area contributed by atoms with Crippen molar-refractivity contribution in [3.63, 3.8) is 0 Å². The number of hydrogen-bond donors (Lipinski definition) is 1. The van der Waals surface area contributed by atoms with Gasteiger partial charge in [0.25, 0.3) is 0 Å². The van der Waals surface area contributed by atoms with Crippen LogP contribution in [0.15, 0.2) is 24.3 Å². The first-order valence-electron chi connectivity index (χ1n) is 4.57. The van der Waals surface area contributed by atoms with Crippen LogP contribution in [0.5, 0.6) is 0 Å². The summed E-state index contributed by atoms with van der Waals surface area (Å²) in [4.78, 5) is 0. The van der Waals surface area contributed by atoms with E-state index in [1.54, 1.807) is 11.8 Å². The van der Waals surface area contributed by atoms with Crippen molar-refractivity contribution < 1.29 is 8.42 Å². The molecule has 0 saturated carbocycles. The number of rotatable bonds is 5. The summed E-state index contributed by atoms with van der Waals surface area (Å²) in [5, 5.41) is 0. The van der Waals surface area contributed by atoms with E-state index in [1.807, 2.05) is 24.3 Å². The molecule has 0 aromatic heterocycles. The lowest BCUT2D eigenvalue weighted by Crippen LogP contribution is -2.05. The van der Waals surface area contributed by atoms with Crippen LogP contribution < -0.4 is 5.73 Å². The molecule has 0 saturated heterocycles. The Balaban J connectivity index is 2.29. The zero-order valence-corrected chi connectivity index (χ0v) is 10.3. The van der Waals surface area contributed by atoms with Gasteiger partial charge in [0.15, 0.2) is 0 Å². The summed E-state index contributed by atoms with van der Waals surface area (Å²) >= 11 is 1.62. The zero-order chi connectivity index (χ0) is 11.3. The van der Waals surface area contributed by atoms with Crippen LogP contribution in [0.25, 0.3) is 0 Å². The first kappa shape index (κ1) is 12.4. The van der Waals surface area contributed by atoms with Gasteiger partial charge in [-0.05, 0) is 17.7 Å². The first-order valence-corrected chi connectivity index (χ1v) is 7.79. The number of benzene rings is 1. The Morgan fingerprint density at radius 2 is 1.87 bits per heavy atom. The molecule has 84 valence electrons. The Morgan fingerprint density at radius 3 is 2.40 bits per heavy atom. The number of thioether (sulfide) groups is 1. The Bertz CT molecular complexity index is 398. The van der Waals surface area contributed by atoms with Crippen LogP contribution in [-0.2, 0) is 15.6 Å². The SMILES string of the molecule is CS(=O)(=O)CCSCc1ccc(N)cc1. The number of sulfone groups is 1. The molecule has 1 aromatic carbocycles. The molecule has 0 fully saturated rings. The minimum absolute atomic E-state index is 0.243. The highest BCUT2D eigenvalue weighted by Gasteiger charge is 2.01. The molecule has 1 rings (SSSR count). The summed E-state index contributed by atoms with van der Waals surface area (Å²) in [7, 11) is -2.83. The van der Waals surface area contributed by atoms with Crippen LogP contribution in [0.1, 0.15) is 5.56 Å². The third-order valence-corrected chi connectivity index (χ3v) is 4.08. The van der Waals surface area contributed by atoms with Gasteiger partial charge in [-0.1, -0.05) is 12.1 Å². The molecule has 0 spiro atoms. The summed E-state index contributed by atoms with van der Waals surface area (Å²) in [6.45, 7) is 0. The van der Waals surface area contributed by atoms with E-state index in [-0.39, 0.29) is 5.75 Å². The molecule has 0 radical (unpaired) electrons. The Kier molecular flexibility index (Phi) is 4.47. The number of hydrogen-bond acceptors (Lipinski definition) is 4. The van der Waals surface area contributed by atoms with Crippen molar-refractivity contribution in [3.8, 4) is 0 Å². The van der Waals surface area contributed by atoms with Gasteiger partial charge in [0.2, 0.25) is 0 Å². The van der Waals surface area contributed by atoms with E-state index >= 15 is 0 Å². The van der Waals surface area contributed by atoms with E-state index in [1.165, 1.54) is 11.8 Å². The maximum absolute atomic E-state index is 10.9. The van der Waals surface area contributed by atoms with Crippen molar-refractivity contribution in [2.75, 3.05) is 23.5 Å². The minimum atomic E-state index is -2.83. The molecule has 0 heterocycles. The van der Waals surface area contributed by atoms with Gasteiger partial charge < -0.3 is 5.73 Å². The average molecular weight is 245 g/mol. The number of anilines is 1. The Morgan fingerprint density at radius 1 is 1.27 bits per heavy atom. The van der Waals surface area contributed by atoms with Gasteiger partial charge >= 0.3 is 0 Å². The lowest BCUT2D eigenvalue weighted by Gasteiger charge is -2.01. The molecule has 2 N–H and O–H groups in total. The van der Waals surface area contributed by atoms with Gasteiger partial charge in [0, 0.05) is 23.4 Å². The highest BCUT2D eigenvalue weighted by Crippen LogP contribution is 2.13. The molecule has 0 atom stereocenters. The van der Waals surface area contributed by atoms with Crippen molar-refractivity contribution in [1.82, 2.24) is 0 Å². The van der Waals surface area contributed by atoms with Crippen molar-refractivity contribution in [2.45, 2.75) is 5.75 Å². The Labute approximate surface area is 95.0 Å². The summed E-state index contributed by atoms with van der Waals surface area (Å²) in [6, 6.07) is 7.63. The molecule has 5 heteroatoms. The summed E-state index contributed by atoms with van der Waals surface area (Å²) in [5.41, 5.74) is 7.47. The van der Waals surface area contributed by atoms with Crippen LogP contribution in [0, 0.1) is 0 Å². The largest absolute Gasteiger partial charge is 0.399 e. The molecular formula is C10H15NO2S2. The van der Waals surface area contributed by atoms with Crippen LogP contribution in [-0.4, -0.2) is 26.2 Å². The normalized spacial score (nSPS) is 11.5. The summed E-state index contributed by atoms with van der Waals surface area (Å²) < 4.78 is 21.7. The molecule has 0 bridgehead atoms. The maximum Gasteiger partial charge on any atom is 0.148 e. The van der Waals surface area contributed by atoms with Gasteiger partial charge in [-0.2, -0.15) is 11.8 Å². The fourth-order valence-electron chi connectivity index (χ4n) is 1.01. The number of nitrogens with two attached hydrogens (primary N) is 1. The second-order valence-corrected chi connectivity index (χ2v) is 6.79. The molecule has 0 amide bonds. The van der Waals surface area contributed by atoms with E-state index < -0.39 is 9.84 Å². The molecule has 0 aliphatic rings. The first-order chi connectivity index (χ1) is 6.97. The molecule has 0 unspecified atom stereocenters. The van der Waals surface area contributed by atoms with Crippen molar-refractivity contribution in [1.29, 1.82) is 0 Å². The molecule has 1 aromatic rings. The molecule has 3 nitrogen and oxygen atoms in total. The van der Waals surface area contributed by atoms with Crippen LogP contribution in [0.2, 0.25) is 0 Å². The van der Waals surface area contributed by atoms with Crippen LogP contribution in [0.3, 0.4) is 0 Å². The number of nitrogen functional groups attached to an aromatic ring is 1. The third kappa shape index (κ3) is 5.69. The highest BCUT2D eigenvalue weighted by molar-refractivity contribution is 7.99. The average Bonchev–Trinajstić information content (AvgIpc) is 2.14. The maximum atomic E-state index is 10.9. The fraction of sp³-hybridized carbons (Fsp3) is 0.400. The molecular weight excluding hydrogens is 230 g/mol. The highest BCUT2D eigenvalue weighted by atomic mass is 32.2. The van der Waals surface area contributed by atoms with Gasteiger partial charge in [-0.15, -0.1) is 0 Å². The lowest BCUT2D eigenvalue weighted by atomic mass is 10.2. The molecule has 15 heavy (non-hydrogen) atoms. The lowest BCUT2D eigenvalue weighted by molar-refractivity contribution is 0.603. The van der Waals surface area contributed by atoms with Crippen molar-refractivity contribution >= 4 is 27.3 Å². The predicted octanol–water partition coefficient (Wildman–Crippen LogP) is 1.55. The van der Waals surface area contributed by atoms with Gasteiger partial charge in [0.1, 0.15) is 9.84 Å². The third-order valence-electron chi connectivity index (χ3n) is 1.85. The van der Waals surface area contributed by atoms with Gasteiger partial charge in [-0.25, -0.2) is 8.42 Å². The summed E-state index contributed by atoms with van der Waals surface area (Å²) in [6.07, 6.45) is 1.26. The molecule has 0 aliphatic carbocycles. The Hall–Kier alpha value is -0.680. The van der Waals surface area contributed by atoms with E-state index in [0.717, 1.165) is 11.4 Å². The van der Waals surface area contributed by atoms with Crippen LogP contribution in [0.4, 0.5) is 5.69 Å². The topological polar surface area (TPSA) is 60.2 Å². The van der Waals surface area contributed by atoms with Gasteiger partial charge in [0.05, 0.1) is 5.75 Å². The second-order valence-electron chi connectivity index (χ2n) is 3.42. The monoisotopic (exact) mass is 245 g/mol. The second kappa shape index (κ2) is 5.42. The van der Waals surface area contributed by atoms with E-state index in [4.69, 9.17) is 5.73 Å². The van der Waals surface area contributed by atoms with Gasteiger partial charge in [-0.3, -0.25) is 0 Å². The zero-order valence-electron chi connectivity index (χ0n) is 8.64. The molecule has 0 aliphatic heterocycles. The smallest absolute Gasteiger partial charge is 0.148 e. The quantitative estimate of drug-likeness (QED) is 0.631. The van der Waals surface area contributed by atoms with E-state index in [9.17, 15) is 8.42 Å². The summed E-state index contributed by atoms with van der Waals surface area (Å²) in [5.74, 6) is 1.71. The van der Waals surface area contributed by atoms with Crippen molar-refractivity contribution in [2.24, 2.45) is 0 Å². The van der Waals surface area contributed by atoms with E-state index in [2.05, 4.69) is 0 Å². The minimum Gasteiger partial charge on any atom is -0.399 e. The predicted molar refractivity (Wildman–Crippen MR) is 66.7 cm³/mol. The van der Waals surface area contributed by atoms with E-state index in [0.29, 0.717) is 5.75 Å². The standard InChI is InChI=1S/C10H15NO2S2/c1-15(12,13)7-6-14-8-9-2-4-10(11)5-3-9/h2-5H,6-8,11H2,1H3. The fourth-order valence-corrected chi connectivity index (χ4v) is 3.27.